The molecular formula is C13H23N3O3S. The Morgan fingerprint density at radius 1 is 1.35 bits per heavy atom. The van der Waals surface area contributed by atoms with E-state index in [2.05, 4.69) is 10.0 Å². The quantitative estimate of drug-likeness (QED) is 0.562. The lowest BCUT2D eigenvalue weighted by atomic mass is 10.1. The lowest BCUT2D eigenvalue weighted by Crippen LogP contribution is -2.24. The van der Waals surface area contributed by atoms with Crippen LogP contribution >= 0.6 is 0 Å². The van der Waals surface area contributed by atoms with Gasteiger partial charge in [0.05, 0.1) is 11.8 Å². The third-order valence-corrected chi connectivity index (χ3v) is 4.29. The molecule has 1 atom stereocenters. The highest BCUT2D eigenvalue weighted by molar-refractivity contribution is 7.89. The van der Waals surface area contributed by atoms with Crippen molar-refractivity contribution < 1.29 is 13.5 Å². The largest absolute Gasteiger partial charge is 0.399 e. The summed E-state index contributed by atoms with van der Waals surface area (Å²) in [5.41, 5.74) is 6.43. The van der Waals surface area contributed by atoms with Gasteiger partial charge in [0.1, 0.15) is 4.90 Å². The van der Waals surface area contributed by atoms with Gasteiger partial charge in [-0.2, -0.15) is 0 Å². The second kappa shape index (κ2) is 6.92. The molecule has 5 N–H and O–H groups in total. The summed E-state index contributed by atoms with van der Waals surface area (Å²) in [6.07, 6.45) is 0.119. The van der Waals surface area contributed by atoms with Crippen LogP contribution in [0.1, 0.15) is 20.3 Å². The van der Waals surface area contributed by atoms with E-state index >= 15 is 0 Å². The number of nitrogen functional groups attached to an aromatic ring is 1. The van der Waals surface area contributed by atoms with E-state index in [4.69, 9.17) is 5.73 Å². The fraction of sp³-hybridized carbons (Fsp3) is 0.538. The van der Waals surface area contributed by atoms with E-state index in [1.165, 1.54) is 13.1 Å². The highest BCUT2D eigenvalue weighted by Crippen LogP contribution is 2.23. The number of sulfonamides is 1. The Kier molecular flexibility index (Phi) is 5.79. The minimum Gasteiger partial charge on any atom is -0.399 e. The highest BCUT2D eigenvalue weighted by Gasteiger charge is 2.17. The van der Waals surface area contributed by atoms with Gasteiger partial charge in [0.15, 0.2) is 0 Å². The lowest BCUT2D eigenvalue weighted by Gasteiger charge is -2.17. The molecule has 0 aliphatic carbocycles. The average molecular weight is 301 g/mol. The number of benzene rings is 1. The van der Waals surface area contributed by atoms with Crippen LogP contribution in [0.3, 0.4) is 0 Å². The molecule has 0 amide bonds. The first-order valence-corrected chi connectivity index (χ1v) is 7.99. The van der Waals surface area contributed by atoms with Gasteiger partial charge in [0.25, 0.3) is 0 Å². The van der Waals surface area contributed by atoms with Crippen molar-refractivity contribution in [2.75, 3.05) is 24.6 Å². The van der Waals surface area contributed by atoms with Gasteiger partial charge >= 0.3 is 0 Å². The molecule has 1 aromatic rings. The van der Waals surface area contributed by atoms with Gasteiger partial charge in [-0.05, 0) is 37.6 Å². The zero-order chi connectivity index (χ0) is 15.3. The lowest BCUT2D eigenvalue weighted by molar-refractivity contribution is 0.161. The van der Waals surface area contributed by atoms with Gasteiger partial charge in [-0.25, -0.2) is 13.1 Å². The predicted molar refractivity (Wildman–Crippen MR) is 81.1 cm³/mol. The Bertz CT molecular complexity index is 544. The van der Waals surface area contributed by atoms with Gasteiger partial charge in [-0.3, -0.25) is 0 Å². The van der Waals surface area contributed by atoms with Crippen molar-refractivity contribution in [3.05, 3.63) is 18.2 Å². The van der Waals surface area contributed by atoms with Crippen LogP contribution in [0.4, 0.5) is 11.4 Å². The third-order valence-electron chi connectivity index (χ3n) is 2.84. The molecule has 0 aliphatic heterocycles. The van der Waals surface area contributed by atoms with Crippen LogP contribution in [0.5, 0.6) is 0 Å². The summed E-state index contributed by atoms with van der Waals surface area (Å²) in [6, 6.07) is 4.61. The van der Waals surface area contributed by atoms with E-state index in [9.17, 15) is 13.5 Å². The summed E-state index contributed by atoms with van der Waals surface area (Å²) in [7, 11) is -2.25. The van der Waals surface area contributed by atoms with Crippen molar-refractivity contribution in [3.63, 3.8) is 0 Å². The second-order valence-corrected chi connectivity index (χ2v) is 6.98. The van der Waals surface area contributed by atoms with Crippen molar-refractivity contribution in [1.29, 1.82) is 0 Å². The molecule has 0 saturated carbocycles. The number of nitrogens with two attached hydrogens (primary N) is 1. The number of aliphatic hydroxyl groups is 1. The van der Waals surface area contributed by atoms with Crippen LogP contribution < -0.4 is 15.8 Å². The molecule has 0 radical (unpaired) electrons. The molecule has 7 heteroatoms. The van der Waals surface area contributed by atoms with E-state index in [0.717, 1.165) is 0 Å². The van der Waals surface area contributed by atoms with Crippen molar-refractivity contribution in [3.8, 4) is 0 Å². The Hall–Kier alpha value is -1.31. The van der Waals surface area contributed by atoms with Gasteiger partial charge in [0, 0.05) is 12.2 Å². The van der Waals surface area contributed by atoms with Gasteiger partial charge < -0.3 is 16.2 Å². The van der Waals surface area contributed by atoms with Crippen LogP contribution in [0, 0.1) is 5.92 Å². The van der Waals surface area contributed by atoms with Crippen LogP contribution in [0.2, 0.25) is 0 Å². The minimum absolute atomic E-state index is 0.0803. The molecule has 1 aromatic carbocycles. The van der Waals surface area contributed by atoms with E-state index in [0.29, 0.717) is 23.7 Å². The predicted octanol–water partition coefficient (Wildman–Crippen LogP) is 0.996. The number of anilines is 2. The summed E-state index contributed by atoms with van der Waals surface area (Å²) in [5.74, 6) is 0.374. The van der Waals surface area contributed by atoms with Gasteiger partial charge in [-0.1, -0.05) is 13.8 Å². The molecule has 0 heterocycles. The normalized spacial score (nSPS) is 13.4. The smallest absolute Gasteiger partial charge is 0.242 e. The second-order valence-electron chi connectivity index (χ2n) is 5.13. The van der Waals surface area contributed by atoms with Crippen LogP contribution in [0.15, 0.2) is 23.1 Å². The van der Waals surface area contributed by atoms with E-state index in [1.54, 1.807) is 12.1 Å². The fourth-order valence-corrected chi connectivity index (χ4v) is 2.81. The highest BCUT2D eigenvalue weighted by atomic mass is 32.2. The molecule has 114 valence electrons. The van der Waals surface area contributed by atoms with Crippen LogP contribution in [-0.2, 0) is 10.0 Å². The van der Waals surface area contributed by atoms with Crippen molar-refractivity contribution >= 4 is 21.4 Å². The number of rotatable bonds is 7. The molecule has 0 saturated heterocycles. The summed E-state index contributed by atoms with van der Waals surface area (Å²) < 4.78 is 26.1. The third kappa shape index (κ3) is 4.66. The van der Waals surface area contributed by atoms with Crippen LogP contribution in [-0.4, -0.2) is 33.2 Å². The summed E-state index contributed by atoms with van der Waals surface area (Å²) >= 11 is 0. The molecule has 6 nitrogen and oxygen atoms in total. The average Bonchev–Trinajstić information content (AvgIpc) is 2.36. The zero-order valence-corrected chi connectivity index (χ0v) is 12.9. The maximum atomic E-state index is 11.9. The monoisotopic (exact) mass is 301 g/mol. The molecule has 20 heavy (non-hydrogen) atoms. The van der Waals surface area contributed by atoms with Crippen LogP contribution in [0.25, 0.3) is 0 Å². The SMILES string of the molecule is CNS(=O)(=O)c1cc(N)ccc1NCC(O)CC(C)C. The molecule has 0 spiro atoms. The zero-order valence-electron chi connectivity index (χ0n) is 12.1. The molecule has 0 fully saturated rings. The standard InChI is InChI=1S/C13H23N3O3S/c1-9(2)6-11(17)8-16-12-5-4-10(14)7-13(12)20(18,19)15-3/h4-5,7,9,11,15-17H,6,8,14H2,1-3H3. The van der Waals surface area contributed by atoms with Gasteiger partial charge in [-0.15, -0.1) is 0 Å². The topological polar surface area (TPSA) is 104 Å². The fourth-order valence-electron chi connectivity index (χ4n) is 1.87. The summed E-state index contributed by atoms with van der Waals surface area (Å²) in [6.45, 7) is 4.32. The minimum atomic E-state index is -3.60. The first-order valence-electron chi connectivity index (χ1n) is 6.51. The van der Waals surface area contributed by atoms with Gasteiger partial charge in [0.2, 0.25) is 10.0 Å². The molecule has 1 rings (SSSR count). The summed E-state index contributed by atoms with van der Waals surface area (Å²) in [5, 5.41) is 12.8. The van der Waals surface area contributed by atoms with Crippen molar-refractivity contribution in [1.82, 2.24) is 4.72 Å². The Morgan fingerprint density at radius 3 is 2.55 bits per heavy atom. The Balaban J connectivity index is 2.91. The summed E-state index contributed by atoms with van der Waals surface area (Å²) in [4.78, 5) is 0.0803. The Morgan fingerprint density at radius 2 is 2.00 bits per heavy atom. The van der Waals surface area contributed by atoms with E-state index in [1.807, 2.05) is 13.8 Å². The van der Waals surface area contributed by atoms with Crippen molar-refractivity contribution in [2.45, 2.75) is 31.3 Å². The number of nitrogens with one attached hydrogen (secondary N) is 2. The van der Waals surface area contributed by atoms with E-state index < -0.39 is 16.1 Å². The van der Waals surface area contributed by atoms with Crippen molar-refractivity contribution in [2.24, 2.45) is 5.92 Å². The first-order chi connectivity index (χ1) is 9.26. The number of hydrogen-bond donors (Lipinski definition) is 4. The number of aliphatic hydroxyl groups excluding tert-OH is 1. The molecule has 0 bridgehead atoms. The number of hydrogen-bond acceptors (Lipinski definition) is 5. The molecular weight excluding hydrogens is 278 g/mol. The Labute approximate surface area is 120 Å². The molecule has 1 unspecified atom stereocenters. The molecule has 0 aliphatic rings. The maximum Gasteiger partial charge on any atom is 0.242 e. The maximum absolute atomic E-state index is 11.9. The first kappa shape index (κ1) is 16.7. The van der Waals surface area contributed by atoms with E-state index in [-0.39, 0.29) is 11.4 Å². The molecule has 0 aromatic heterocycles.